The number of halogens is 2. The molecule has 0 bridgehead atoms. The van der Waals surface area contributed by atoms with Crippen LogP contribution in [0.4, 0.5) is 4.39 Å². The molecule has 0 radical (unpaired) electrons. The lowest BCUT2D eigenvalue weighted by Gasteiger charge is -2.37. The summed E-state index contributed by atoms with van der Waals surface area (Å²) in [7, 11) is 0. The number of hydrogen-bond acceptors (Lipinski definition) is 3. The standard InChI is InChI=1S/C24H27ClFNO3/c1-24(2)27(22-17-11-7-6-10-16(17)13-20(22)30-24)23(29)18(21(26)19(28)14-25)12-15-8-4-3-5-9-15/h3-11,18-22,28H,12-14H2,1-2H3/t18-,19-,20-,21+,22+/m1/s1. The van der Waals surface area contributed by atoms with Crippen LogP contribution in [0.1, 0.15) is 36.6 Å². The average Bonchev–Trinajstić information content (AvgIpc) is 3.21. The Hall–Kier alpha value is -1.95. The van der Waals surface area contributed by atoms with Gasteiger partial charge in [0.15, 0.2) is 0 Å². The second-order valence-corrected chi connectivity index (χ2v) is 8.93. The number of rotatable bonds is 6. The number of aliphatic hydroxyl groups is 1. The van der Waals surface area contributed by atoms with Crippen molar-refractivity contribution in [3.63, 3.8) is 0 Å². The first-order valence-corrected chi connectivity index (χ1v) is 10.9. The summed E-state index contributed by atoms with van der Waals surface area (Å²) in [5.74, 6) is -1.69. The minimum Gasteiger partial charge on any atom is -0.389 e. The van der Waals surface area contributed by atoms with E-state index in [0.717, 1.165) is 23.1 Å². The van der Waals surface area contributed by atoms with Crippen LogP contribution in [0.5, 0.6) is 0 Å². The maximum atomic E-state index is 15.3. The van der Waals surface area contributed by atoms with Gasteiger partial charge in [0.2, 0.25) is 5.91 Å². The Morgan fingerprint density at radius 3 is 2.60 bits per heavy atom. The molecule has 1 fully saturated rings. The molecule has 1 amide bonds. The van der Waals surface area contributed by atoms with E-state index in [1.165, 1.54) is 0 Å². The lowest BCUT2D eigenvalue weighted by molar-refractivity contribution is -0.156. The Labute approximate surface area is 181 Å². The van der Waals surface area contributed by atoms with Crippen LogP contribution >= 0.6 is 11.6 Å². The van der Waals surface area contributed by atoms with Crippen LogP contribution in [0, 0.1) is 5.92 Å². The van der Waals surface area contributed by atoms with Gasteiger partial charge in [0, 0.05) is 6.42 Å². The van der Waals surface area contributed by atoms with E-state index in [2.05, 4.69) is 0 Å². The summed E-state index contributed by atoms with van der Waals surface area (Å²) in [6.45, 7) is 3.69. The molecule has 0 aromatic heterocycles. The van der Waals surface area contributed by atoms with Crippen LogP contribution in [-0.4, -0.2) is 45.9 Å². The van der Waals surface area contributed by atoms with Gasteiger partial charge in [-0.05, 0) is 37.0 Å². The van der Waals surface area contributed by atoms with Crippen LogP contribution < -0.4 is 0 Å². The molecule has 2 aromatic carbocycles. The summed E-state index contributed by atoms with van der Waals surface area (Å²) in [5.41, 5.74) is 2.16. The average molecular weight is 432 g/mol. The summed E-state index contributed by atoms with van der Waals surface area (Å²) in [6, 6.07) is 17.0. The van der Waals surface area contributed by atoms with E-state index in [-0.39, 0.29) is 30.4 Å². The Bertz CT molecular complexity index is 906. The van der Waals surface area contributed by atoms with Crippen LogP contribution in [-0.2, 0) is 22.4 Å². The first-order valence-electron chi connectivity index (χ1n) is 10.3. The number of ether oxygens (including phenoxy) is 1. The van der Waals surface area contributed by atoms with Crippen molar-refractivity contribution in [2.24, 2.45) is 5.92 Å². The number of benzene rings is 2. The largest absolute Gasteiger partial charge is 0.389 e. The van der Waals surface area contributed by atoms with E-state index in [1.54, 1.807) is 4.90 Å². The van der Waals surface area contributed by atoms with Gasteiger partial charge in [0.25, 0.3) is 0 Å². The summed E-state index contributed by atoms with van der Waals surface area (Å²) < 4.78 is 21.6. The number of carbonyl (C=O) groups is 1. The molecule has 2 aromatic rings. The van der Waals surface area contributed by atoms with Crippen molar-refractivity contribution >= 4 is 17.5 Å². The van der Waals surface area contributed by atoms with E-state index >= 15 is 4.39 Å². The second-order valence-electron chi connectivity index (χ2n) is 8.62. The van der Waals surface area contributed by atoms with Crippen molar-refractivity contribution in [1.29, 1.82) is 0 Å². The van der Waals surface area contributed by atoms with Crippen molar-refractivity contribution in [1.82, 2.24) is 4.90 Å². The first kappa shape index (κ1) is 21.3. The van der Waals surface area contributed by atoms with Gasteiger partial charge in [-0.2, -0.15) is 0 Å². The molecule has 1 N–H and O–H groups in total. The zero-order valence-corrected chi connectivity index (χ0v) is 17.9. The highest BCUT2D eigenvalue weighted by molar-refractivity contribution is 6.18. The predicted octanol–water partition coefficient (Wildman–Crippen LogP) is 4.04. The third kappa shape index (κ3) is 3.75. The molecular formula is C24H27ClFNO3. The maximum absolute atomic E-state index is 15.3. The van der Waals surface area contributed by atoms with E-state index in [4.69, 9.17) is 16.3 Å². The monoisotopic (exact) mass is 431 g/mol. The topological polar surface area (TPSA) is 49.8 Å². The molecule has 0 spiro atoms. The molecule has 1 heterocycles. The molecule has 4 nitrogen and oxygen atoms in total. The van der Waals surface area contributed by atoms with Crippen molar-refractivity contribution < 1.29 is 19.0 Å². The number of aliphatic hydroxyl groups excluding tert-OH is 1. The highest BCUT2D eigenvalue weighted by atomic mass is 35.5. The van der Waals surface area contributed by atoms with Gasteiger partial charge >= 0.3 is 0 Å². The van der Waals surface area contributed by atoms with Gasteiger partial charge < -0.3 is 14.7 Å². The van der Waals surface area contributed by atoms with Crippen LogP contribution in [0.2, 0.25) is 0 Å². The number of alkyl halides is 2. The third-order valence-electron chi connectivity index (χ3n) is 6.21. The smallest absolute Gasteiger partial charge is 0.231 e. The Morgan fingerprint density at radius 1 is 1.23 bits per heavy atom. The van der Waals surface area contributed by atoms with Gasteiger partial charge in [0.1, 0.15) is 11.9 Å². The molecule has 2 aliphatic rings. The summed E-state index contributed by atoms with van der Waals surface area (Å²) >= 11 is 5.73. The van der Waals surface area contributed by atoms with Gasteiger partial charge in [0.05, 0.1) is 30.0 Å². The number of amides is 1. The van der Waals surface area contributed by atoms with Gasteiger partial charge in [-0.15, -0.1) is 11.6 Å². The Balaban J connectivity index is 1.70. The highest BCUT2D eigenvalue weighted by Gasteiger charge is 2.55. The maximum Gasteiger partial charge on any atom is 0.231 e. The summed E-state index contributed by atoms with van der Waals surface area (Å²) in [6.07, 6.45) is -2.44. The highest BCUT2D eigenvalue weighted by Crippen LogP contribution is 2.49. The summed E-state index contributed by atoms with van der Waals surface area (Å²) in [4.78, 5) is 15.5. The molecule has 1 aliphatic heterocycles. The minimum atomic E-state index is -1.78. The molecule has 0 unspecified atom stereocenters. The van der Waals surface area contributed by atoms with E-state index in [9.17, 15) is 9.90 Å². The molecular weight excluding hydrogens is 405 g/mol. The first-order chi connectivity index (χ1) is 14.3. The lowest BCUT2D eigenvalue weighted by atomic mass is 9.89. The zero-order chi connectivity index (χ0) is 21.5. The molecule has 1 saturated heterocycles. The quantitative estimate of drug-likeness (QED) is 0.702. The van der Waals surface area contributed by atoms with Crippen LogP contribution in [0.25, 0.3) is 0 Å². The Morgan fingerprint density at radius 2 is 1.90 bits per heavy atom. The normalized spacial score (nSPS) is 24.8. The minimum absolute atomic E-state index is 0.158. The van der Waals surface area contributed by atoms with Crippen LogP contribution in [0.3, 0.4) is 0 Å². The number of nitrogens with zero attached hydrogens (tertiary/aromatic N) is 1. The van der Waals surface area contributed by atoms with Crippen molar-refractivity contribution in [3.8, 4) is 0 Å². The van der Waals surface area contributed by atoms with E-state index in [0.29, 0.717) is 0 Å². The molecule has 1 aliphatic carbocycles. The molecule has 6 heteroatoms. The predicted molar refractivity (Wildman–Crippen MR) is 114 cm³/mol. The second kappa shape index (κ2) is 8.29. The molecule has 30 heavy (non-hydrogen) atoms. The third-order valence-corrected chi connectivity index (χ3v) is 6.52. The van der Waals surface area contributed by atoms with E-state index < -0.39 is 23.9 Å². The molecule has 5 atom stereocenters. The van der Waals surface area contributed by atoms with E-state index in [1.807, 2.05) is 68.4 Å². The van der Waals surface area contributed by atoms with Crippen molar-refractivity contribution in [2.75, 3.05) is 5.88 Å². The Kier molecular flexibility index (Phi) is 5.88. The number of fused-ring (bicyclic) bond motifs is 3. The zero-order valence-electron chi connectivity index (χ0n) is 17.2. The fourth-order valence-corrected chi connectivity index (χ4v) is 5.02. The molecule has 4 rings (SSSR count). The fraction of sp³-hybridized carbons (Fsp3) is 0.458. The van der Waals surface area contributed by atoms with Crippen molar-refractivity contribution in [3.05, 3.63) is 71.3 Å². The number of carbonyl (C=O) groups excluding carboxylic acids is 1. The molecule has 160 valence electrons. The molecule has 0 saturated carbocycles. The SMILES string of the molecule is CC1(C)O[C@@H]2Cc3ccccc3[C@@H]2N1C(=O)[C@H](Cc1ccccc1)[C@H](F)[C@H](O)CCl. The fourth-order valence-electron chi connectivity index (χ4n) is 4.85. The summed E-state index contributed by atoms with van der Waals surface area (Å²) in [5, 5.41) is 10.1. The van der Waals surface area contributed by atoms with Gasteiger partial charge in [-0.1, -0.05) is 54.6 Å². The number of hydrogen-bond donors (Lipinski definition) is 1. The van der Waals surface area contributed by atoms with Gasteiger partial charge in [-0.3, -0.25) is 4.79 Å². The van der Waals surface area contributed by atoms with Crippen molar-refractivity contribution in [2.45, 2.75) is 56.8 Å². The lowest BCUT2D eigenvalue weighted by Crippen LogP contribution is -2.51. The van der Waals surface area contributed by atoms with Gasteiger partial charge in [-0.25, -0.2) is 4.39 Å². The van der Waals surface area contributed by atoms with Crippen LogP contribution in [0.15, 0.2) is 54.6 Å².